The highest BCUT2D eigenvalue weighted by molar-refractivity contribution is 7.07. The Morgan fingerprint density at radius 3 is 2.93 bits per heavy atom. The molecule has 0 radical (unpaired) electrons. The van der Waals surface area contributed by atoms with E-state index in [1.807, 2.05) is 30.5 Å². The second-order valence-electron chi connectivity index (χ2n) is 5.98. The van der Waals surface area contributed by atoms with E-state index in [1.54, 1.807) is 29.1 Å². The maximum Gasteiger partial charge on any atom is 0.266 e. The second kappa shape index (κ2) is 7.84. The number of rotatable bonds is 5. The first-order valence-electron chi connectivity index (χ1n) is 8.35. The molecule has 1 N–H and O–H groups in total. The molecule has 4 rings (SSSR count). The Hall–Kier alpha value is -3.16. The summed E-state index contributed by atoms with van der Waals surface area (Å²) in [4.78, 5) is 26.9. The van der Waals surface area contributed by atoms with Crippen LogP contribution in [0.1, 0.15) is 21.7 Å². The quantitative estimate of drug-likeness (QED) is 0.511. The minimum absolute atomic E-state index is 0.223. The number of nitrogens with zero attached hydrogens (tertiary/aromatic N) is 2. The van der Waals surface area contributed by atoms with Gasteiger partial charge in [-0.3, -0.25) is 14.3 Å². The van der Waals surface area contributed by atoms with Gasteiger partial charge in [0.25, 0.3) is 5.56 Å². The van der Waals surface area contributed by atoms with Gasteiger partial charge in [0, 0.05) is 22.9 Å². The predicted octanol–water partition coefficient (Wildman–Crippen LogP) is 2.42. The van der Waals surface area contributed by atoms with E-state index in [9.17, 15) is 9.59 Å². The van der Waals surface area contributed by atoms with Gasteiger partial charge in [-0.25, -0.2) is 0 Å². The first-order valence-corrected chi connectivity index (χ1v) is 9.54. The number of hydrogen-bond acceptors (Lipinski definition) is 5. The molecule has 0 aliphatic heterocycles. The Morgan fingerprint density at radius 2 is 2.14 bits per heavy atom. The Labute approximate surface area is 168 Å². The van der Waals surface area contributed by atoms with Crippen LogP contribution in [0, 0.1) is 0 Å². The van der Waals surface area contributed by atoms with E-state index >= 15 is 0 Å². The van der Waals surface area contributed by atoms with Gasteiger partial charge in [0.15, 0.2) is 5.76 Å². The number of thiazole rings is 1. The van der Waals surface area contributed by atoms with Crippen LogP contribution >= 0.6 is 22.9 Å². The van der Waals surface area contributed by atoms with Crippen molar-refractivity contribution in [1.29, 1.82) is 0 Å². The van der Waals surface area contributed by atoms with Gasteiger partial charge >= 0.3 is 0 Å². The van der Waals surface area contributed by atoms with E-state index < -0.39 is 0 Å². The summed E-state index contributed by atoms with van der Waals surface area (Å²) in [6, 6.07) is 10.8. The number of carbonyl (C=O) groups is 1. The number of aromatic nitrogens is 3. The minimum atomic E-state index is -0.304. The van der Waals surface area contributed by atoms with Crippen LogP contribution in [0.15, 0.2) is 64.3 Å². The van der Waals surface area contributed by atoms with Crippen LogP contribution in [0.4, 0.5) is 0 Å². The zero-order valence-corrected chi connectivity index (χ0v) is 16.0. The lowest BCUT2D eigenvalue weighted by atomic mass is 10.2. The van der Waals surface area contributed by atoms with Crippen LogP contribution in [0.3, 0.4) is 0 Å². The largest absolute Gasteiger partial charge is 0.461 e. The van der Waals surface area contributed by atoms with Crippen molar-refractivity contribution in [1.82, 2.24) is 14.8 Å². The van der Waals surface area contributed by atoms with Gasteiger partial charge < -0.3 is 9.40 Å². The third-order valence-corrected chi connectivity index (χ3v) is 5.28. The Balaban J connectivity index is 1.59. The number of carbonyl (C=O) groups excluding carboxylic acids is 1. The van der Waals surface area contributed by atoms with E-state index in [-0.39, 0.29) is 17.1 Å². The monoisotopic (exact) mass is 411 g/mol. The highest BCUT2D eigenvalue weighted by Crippen LogP contribution is 2.16. The van der Waals surface area contributed by atoms with Crippen molar-refractivity contribution in [3.05, 3.63) is 96.5 Å². The molecule has 1 aromatic carbocycles. The molecule has 6 nitrogen and oxygen atoms in total. The van der Waals surface area contributed by atoms with Gasteiger partial charge in [-0.1, -0.05) is 29.8 Å². The van der Waals surface area contributed by atoms with Crippen molar-refractivity contribution < 1.29 is 9.21 Å². The summed E-state index contributed by atoms with van der Waals surface area (Å²) in [6.07, 6.45) is 8.02. The third-order valence-electron chi connectivity index (χ3n) is 3.95. The summed E-state index contributed by atoms with van der Waals surface area (Å²) in [5.41, 5.74) is 1.48. The third kappa shape index (κ3) is 4.05. The summed E-state index contributed by atoms with van der Waals surface area (Å²) >= 11 is 7.38. The lowest BCUT2D eigenvalue weighted by Crippen LogP contribution is -2.19. The lowest BCUT2D eigenvalue weighted by Gasteiger charge is -2.03. The summed E-state index contributed by atoms with van der Waals surface area (Å²) in [5.74, 6) is -0.0813. The molecule has 0 saturated heterocycles. The van der Waals surface area contributed by atoms with E-state index in [0.29, 0.717) is 20.8 Å². The van der Waals surface area contributed by atoms with E-state index in [1.165, 1.54) is 23.7 Å². The normalized spacial score (nSPS) is 12.6. The van der Waals surface area contributed by atoms with Crippen LogP contribution < -0.4 is 14.8 Å². The van der Waals surface area contributed by atoms with Crippen LogP contribution in [0.2, 0.25) is 5.02 Å². The van der Waals surface area contributed by atoms with Gasteiger partial charge in [0.05, 0.1) is 28.2 Å². The molecule has 0 unspecified atom stereocenters. The number of H-pyrrole nitrogens is 1. The SMILES string of the molecule is O=C(C=c1[nH]c(=O)c(=Cc2cnn(Cc3ccccc3Cl)c2)s1)c1ccco1. The number of furan rings is 1. The Kier molecular flexibility index (Phi) is 5.10. The zero-order valence-electron chi connectivity index (χ0n) is 14.5. The molecule has 3 aromatic heterocycles. The predicted molar refractivity (Wildman–Crippen MR) is 108 cm³/mol. The van der Waals surface area contributed by atoms with E-state index in [0.717, 1.165) is 11.1 Å². The van der Waals surface area contributed by atoms with Crippen molar-refractivity contribution in [3.63, 3.8) is 0 Å². The zero-order chi connectivity index (χ0) is 19.5. The molecule has 0 fully saturated rings. The smallest absolute Gasteiger partial charge is 0.266 e. The minimum Gasteiger partial charge on any atom is -0.461 e. The topological polar surface area (TPSA) is 80.9 Å². The van der Waals surface area contributed by atoms with Crippen molar-refractivity contribution >= 4 is 40.9 Å². The molecule has 140 valence electrons. The molecular weight excluding hydrogens is 398 g/mol. The first-order chi connectivity index (χ1) is 13.6. The fourth-order valence-electron chi connectivity index (χ4n) is 2.63. The number of halogens is 1. The molecular formula is C20H14ClN3O3S. The molecule has 0 bridgehead atoms. The Bertz CT molecular complexity index is 1300. The fraction of sp³-hybridized carbons (Fsp3) is 0.0500. The molecule has 0 atom stereocenters. The molecule has 4 aromatic rings. The molecule has 0 saturated carbocycles. The van der Waals surface area contributed by atoms with Crippen LogP contribution in [-0.2, 0) is 6.54 Å². The number of Topliss-reactive ketones (excluding diaryl/α,β-unsaturated/α-hetero) is 1. The summed E-state index contributed by atoms with van der Waals surface area (Å²) in [7, 11) is 0. The maximum atomic E-state index is 12.2. The number of hydrogen-bond donors (Lipinski definition) is 1. The number of aromatic amines is 1. The maximum absolute atomic E-state index is 12.2. The van der Waals surface area contributed by atoms with Gasteiger partial charge in [0.1, 0.15) is 0 Å². The second-order valence-corrected chi connectivity index (χ2v) is 7.47. The van der Waals surface area contributed by atoms with E-state index in [4.69, 9.17) is 16.0 Å². The molecule has 0 spiro atoms. The first kappa shape index (κ1) is 18.2. The van der Waals surface area contributed by atoms with Crippen molar-refractivity contribution in [2.24, 2.45) is 0 Å². The standard InChI is InChI=1S/C20H14ClN3O3S/c21-15-5-2-1-4-14(15)12-24-11-13(10-22-24)8-18-20(26)23-19(28-18)9-16(25)17-6-3-7-27-17/h1-11H,12H2,(H,23,26). The average molecular weight is 412 g/mol. The lowest BCUT2D eigenvalue weighted by molar-refractivity contribution is 0.103. The molecule has 3 heterocycles. The molecule has 0 aliphatic carbocycles. The summed E-state index contributed by atoms with van der Waals surface area (Å²) in [6.45, 7) is 0.533. The van der Waals surface area contributed by atoms with Gasteiger partial charge in [-0.15, -0.1) is 11.3 Å². The van der Waals surface area contributed by atoms with Crippen LogP contribution in [0.25, 0.3) is 12.2 Å². The van der Waals surface area contributed by atoms with Gasteiger partial charge in [-0.05, 0) is 29.8 Å². The van der Waals surface area contributed by atoms with Crippen molar-refractivity contribution in [2.45, 2.75) is 6.54 Å². The average Bonchev–Trinajstić information content (AvgIpc) is 3.40. The molecule has 28 heavy (non-hydrogen) atoms. The van der Waals surface area contributed by atoms with Gasteiger partial charge in [0.2, 0.25) is 5.78 Å². The number of benzene rings is 1. The van der Waals surface area contributed by atoms with Crippen LogP contribution in [-0.4, -0.2) is 20.5 Å². The highest BCUT2D eigenvalue weighted by atomic mass is 35.5. The van der Waals surface area contributed by atoms with Crippen molar-refractivity contribution in [2.75, 3.05) is 0 Å². The Morgan fingerprint density at radius 1 is 1.29 bits per heavy atom. The number of nitrogens with one attached hydrogen (secondary N) is 1. The van der Waals surface area contributed by atoms with E-state index in [2.05, 4.69) is 10.1 Å². The van der Waals surface area contributed by atoms with Crippen LogP contribution in [0.5, 0.6) is 0 Å². The van der Waals surface area contributed by atoms with Gasteiger partial charge in [-0.2, -0.15) is 5.10 Å². The van der Waals surface area contributed by atoms with Crippen molar-refractivity contribution in [3.8, 4) is 0 Å². The summed E-state index contributed by atoms with van der Waals surface area (Å²) < 4.78 is 7.76. The molecule has 8 heteroatoms. The summed E-state index contributed by atoms with van der Waals surface area (Å²) in [5, 5.41) is 4.99. The molecule has 0 aliphatic rings. The highest BCUT2D eigenvalue weighted by Gasteiger charge is 2.06. The number of ketones is 1. The molecule has 0 amide bonds. The fourth-order valence-corrected chi connectivity index (χ4v) is 3.71.